The number of pyridine rings is 4. The van der Waals surface area contributed by atoms with E-state index in [1.54, 1.807) is 33.4 Å². The number of benzene rings is 4. The molecule has 1 fully saturated rings. The number of halogens is 3. The number of nitrogens with one attached hydrogen (secondary N) is 3. The van der Waals surface area contributed by atoms with Crippen LogP contribution >= 0.6 is 47.8 Å². The summed E-state index contributed by atoms with van der Waals surface area (Å²) in [7, 11) is -0.378. The number of nitrogen functional groups attached to an aromatic ring is 3. The zero-order chi connectivity index (χ0) is 65.4. The summed E-state index contributed by atoms with van der Waals surface area (Å²) >= 11 is 9.71. The first-order valence-corrected chi connectivity index (χ1v) is 30.9. The van der Waals surface area contributed by atoms with Crippen molar-refractivity contribution >= 4 is 112 Å². The van der Waals surface area contributed by atoms with Gasteiger partial charge in [-0.1, -0.05) is 132 Å². The van der Waals surface area contributed by atoms with Crippen LogP contribution in [0.2, 0.25) is 0 Å². The van der Waals surface area contributed by atoms with Crippen molar-refractivity contribution in [1.82, 2.24) is 49.4 Å². The molecule has 9 N–H and O–H groups in total. The van der Waals surface area contributed by atoms with Crippen LogP contribution in [0.15, 0.2) is 202 Å². The molecule has 21 nitrogen and oxygen atoms in total. The number of anilines is 4. The molecular formula is C66H68BBr3N14O7. The van der Waals surface area contributed by atoms with Crippen LogP contribution in [0.1, 0.15) is 77.7 Å². The van der Waals surface area contributed by atoms with Crippen LogP contribution in [0.25, 0.3) is 33.6 Å². The molecule has 0 amide bonds. The number of hydrogen-bond donors (Lipinski definition) is 6. The summed E-state index contributed by atoms with van der Waals surface area (Å²) in [6.07, 6.45) is 0.833. The Bertz CT molecular complexity index is 4430. The van der Waals surface area contributed by atoms with Gasteiger partial charge in [0.2, 0.25) is 0 Å². The number of rotatable bonds is 10. The number of H-pyrrole nitrogens is 2. The fraction of sp³-hybridized carbons (Fsp3) is 0.197. The van der Waals surface area contributed by atoms with Crippen molar-refractivity contribution in [2.75, 3.05) is 22.5 Å². The molecule has 0 unspecified atom stereocenters. The second-order valence-corrected chi connectivity index (χ2v) is 24.1. The zero-order valence-corrected chi connectivity index (χ0v) is 56.0. The van der Waals surface area contributed by atoms with Crippen molar-refractivity contribution in [3.05, 3.63) is 250 Å². The first-order chi connectivity index (χ1) is 43.5. The molecule has 1 aliphatic heterocycles. The highest BCUT2D eigenvalue weighted by Crippen LogP contribution is 2.37. The number of aldehydes is 1. The van der Waals surface area contributed by atoms with Crippen molar-refractivity contribution in [2.24, 2.45) is 0 Å². The third-order valence-corrected chi connectivity index (χ3v) is 15.9. The number of aromatic nitrogens is 10. The summed E-state index contributed by atoms with van der Waals surface area (Å²) in [5.41, 5.74) is 27.9. The minimum absolute atomic E-state index is 0.139. The lowest BCUT2D eigenvalue weighted by Crippen LogP contribution is -2.41. The highest BCUT2D eigenvalue weighted by Gasteiger charge is 2.53. The second-order valence-electron chi connectivity index (χ2n) is 21.6. The van der Waals surface area contributed by atoms with Crippen LogP contribution in [0.3, 0.4) is 0 Å². The van der Waals surface area contributed by atoms with E-state index in [1.807, 2.05) is 189 Å². The van der Waals surface area contributed by atoms with Crippen LogP contribution in [0.5, 0.6) is 0 Å². The summed E-state index contributed by atoms with van der Waals surface area (Å²) in [4.78, 5) is 56.6. The normalized spacial score (nSPS) is 12.6. The lowest BCUT2D eigenvalue weighted by Gasteiger charge is -2.32. The van der Waals surface area contributed by atoms with Crippen LogP contribution in [-0.2, 0) is 28.9 Å². The maximum Gasteiger partial charge on any atom is 0.500 e. The van der Waals surface area contributed by atoms with Gasteiger partial charge in [-0.2, -0.15) is 0 Å². The smallest absolute Gasteiger partial charge is 0.399 e. The van der Waals surface area contributed by atoms with E-state index in [4.69, 9.17) is 35.6 Å². The van der Waals surface area contributed by atoms with E-state index >= 15 is 0 Å². The van der Waals surface area contributed by atoms with Crippen molar-refractivity contribution in [2.45, 2.75) is 86.2 Å². The van der Waals surface area contributed by atoms with Crippen molar-refractivity contribution in [3.8, 4) is 11.3 Å². The van der Waals surface area contributed by atoms with Crippen molar-refractivity contribution in [1.29, 1.82) is 0 Å². The van der Waals surface area contributed by atoms with Gasteiger partial charge in [-0.3, -0.25) is 23.9 Å². The largest absolute Gasteiger partial charge is 0.500 e. The molecule has 8 aromatic heterocycles. The average Bonchev–Trinajstić information content (AvgIpc) is 1.64. The van der Waals surface area contributed by atoms with Gasteiger partial charge >= 0.3 is 18.5 Å². The Labute approximate surface area is 550 Å². The van der Waals surface area contributed by atoms with Gasteiger partial charge in [0.15, 0.2) is 11.3 Å². The van der Waals surface area contributed by atoms with Gasteiger partial charge in [0.25, 0.3) is 0 Å². The molecule has 12 aromatic rings. The lowest BCUT2D eigenvalue weighted by atomic mass is 9.77. The zero-order valence-electron chi connectivity index (χ0n) is 51.2. The van der Waals surface area contributed by atoms with Gasteiger partial charge in [-0.05, 0) is 168 Å². The van der Waals surface area contributed by atoms with Crippen LogP contribution in [-0.4, -0.2) is 74.0 Å². The number of imidazole rings is 2. The van der Waals surface area contributed by atoms with E-state index in [-0.39, 0.29) is 29.7 Å². The van der Waals surface area contributed by atoms with Crippen LogP contribution < -0.4 is 39.4 Å². The second kappa shape index (κ2) is 31.0. The third-order valence-electron chi connectivity index (χ3n) is 14.5. The number of aromatic amines is 2. The fourth-order valence-electron chi connectivity index (χ4n) is 9.06. The Morgan fingerprint density at radius 3 is 1.45 bits per heavy atom. The van der Waals surface area contributed by atoms with E-state index in [2.05, 4.69) is 105 Å². The predicted octanol–water partition coefficient (Wildman–Crippen LogP) is 12.7. The van der Waals surface area contributed by atoms with E-state index < -0.39 is 0 Å². The van der Waals surface area contributed by atoms with E-state index in [0.717, 1.165) is 84.7 Å². The molecule has 9 heterocycles. The summed E-state index contributed by atoms with van der Waals surface area (Å²) < 4.78 is 27.8. The number of aryl methyl sites for hydroxylation is 4. The molecular weight excluding hydrogens is 1350 g/mol. The molecule has 13 rings (SSSR count). The first-order valence-electron chi connectivity index (χ1n) is 28.5. The highest BCUT2D eigenvalue weighted by molar-refractivity contribution is 9.11. The highest BCUT2D eigenvalue weighted by atomic mass is 79.9. The van der Waals surface area contributed by atoms with Gasteiger partial charge in [-0.25, -0.2) is 29.5 Å². The van der Waals surface area contributed by atoms with Gasteiger partial charge < -0.3 is 40.9 Å². The monoisotopic (exact) mass is 1420 g/mol. The van der Waals surface area contributed by atoms with Gasteiger partial charge in [-0.15, -0.1) is 0 Å². The third kappa shape index (κ3) is 18.0. The number of carbonyl (C=O) groups is 1. The summed E-state index contributed by atoms with van der Waals surface area (Å²) in [5, 5.41) is 11.1. The Morgan fingerprint density at radius 1 is 0.538 bits per heavy atom. The molecule has 0 saturated carbocycles. The molecule has 0 atom stereocenters. The SMILES string of the molecule is Cc1noc(C)c1-c1ccc2c(n1)[nH]c(=O)n2Cc1ccccc1.Cc1noc(C)c1B1OC(C)(C)C(C)(C)O1.Nc1ccc(Br)nc1N.Nc1nc(Br)ccc1NCc1ccccc1.O=Cc1ccccc1.O=c1[nH]c2nc(Br)ccc2n1Cc1ccccc1. The summed E-state index contributed by atoms with van der Waals surface area (Å²) in [6.45, 7) is 17.4. The minimum Gasteiger partial charge on any atom is -0.399 e. The Balaban J connectivity index is 0.000000146. The maximum absolute atomic E-state index is 12.3. The molecule has 0 spiro atoms. The molecule has 0 aliphatic carbocycles. The van der Waals surface area contributed by atoms with Gasteiger partial charge in [0.05, 0.1) is 69.3 Å². The molecule has 1 aliphatic rings. The van der Waals surface area contributed by atoms with Crippen LogP contribution in [0.4, 0.5) is 23.0 Å². The van der Waals surface area contributed by atoms with Crippen molar-refractivity contribution < 1.29 is 23.1 Å². The lowest BCUT2D eigenvalue weighted by molar-refractivity contribution is 0.00578. The Kier molecular flexibility index (Phi) is 23.0. The van der Waals surface area contributed by atoms with Crippen LogP contribution in [0, 0.1) is 27.7 Å². The molecule has 1 saturated heterocycles. The molecule has 0 radical (unpaired) electrons. The number of nitrogens with zero attached hydrogens (tertiary/aromatic N) is 8. The minimum atomic E-state index is -0.378. The summed E-state index contributed by atoms with van der Waals surface area (Å²) in [6, 6.07) is 53.7. The van der Waals surface area contributed by atoms with E-state index in [0.29, 0.717) is 56.7 Å². The molecule has 0 bridgehead atoms. The van der Waals surface area contributed by atoms with Crippen molar-refractivity contribution in [3.63, 3.8) is 0 Å². The van der Waals surface area contributed by atoms with Gasteiger partial charge in [0.1, 0.15) is 43.3 Å². The maximum atomic E-state index is 12.3. The Morgan fingerprint density at radius 2 is 0.989 bits per heavy atom. The molecule has 91 heavy (non-hydrogen) atoms. The number of fused-ring (bicyclic) bond motifs is 2. The first kappa shape index (κ1) is 67.7. The number of nitrogens with two attached hydrogens (primary N) is 3. The topological polar surface area (TPSA) is 305 Å². The average molecular weight is 1420 g/mol. The molecule has 468 valence electrons. The van der Waals surface area contributed by atoms with Gasteiger partial charge in [0, 0.05) is 17.6 Å². The number of hydrogen-bond acceptors (Lipinski definition) is 17. The predicted molar refractivity (Wildman–Crippen MR) is 369 cm³/mol. The summed E-state index contributed by atoms with van der Waals surface area (Å²) in [5.74, 6) is 2.34. The number of carbonyl (C=O) groups excluding carboxylic acids is 1. The Hall–Kier alpha value is -9.27. The quantitative estimate of drug-likeness (QED) is 0.0421. The standard InChI is InChI=1S/C18H16N4O2.C13H10BrN3O.C12H12BrN3.C11H18BNO3.C7H6O.C5H6BrN3/c1-11-16(12(2)24-21-11)14-8-9-15-17(19-14)20-18(23)22(15)10-13-6-4-3-5-7-13;14-11-7-6-10-12(15-11)16-13(18)17(10)8-9-4-2-1-3-5-9;13-11-7-6-10(12(14)16-11)15-8-9-4-2-1-3-5-9;1-7-9(8(2)14-13-7)12-15-10(3,4)11(5,6)16-12;8-6-7-4-2-1-3-5-7;6-4-2-1-3(7)5(8)9-4/h3-9H,10H2,1-2H3,(H,19,20,23);1-7H,8H2,(H,15,16,18);1-7,15H,8H2,(H2,14,16);1-6H3;1-6H;1-2H,7H2,(H2,8,9). The van der Waals surface area contributed by atoms with E-state index in [9.17, 15) is 14.4 Å². The molecule has 4 aromatic carbocycles. The fourth-order valence-corrected chi connectivity index (χ4v) is 10.0. The molecule has 25 heteroatoms. The van der Waals surface area contributed by atoms with E-state index in [1.165, 1.54) is 5.56 Å².